The molecule has 0 saturated heterocycles. The zero-order chi connectivity index (χ0) is 10.9. The highest BCUT2D eigenvalue weighted by molar-refractivity contribution is 5.89. The van der Waals surface area contributed by atoms with Gasteiger partial charge in [0.2, 0.25) is 11.8 Å². The molecular formula is C10H18N2O2. The van der Waals surface area contributed by atoms with Crippen molar-refractivity contribution in [3.05, 3.63) is 0 Å². The van der Waals surface area contributed by atoms with Crippen LogP contribution < -0.4 is 11.1 Å². The fraction of sp³-hybridized carbons (Fsp3) is 0.800. The topological polar surface area (TPSA) is 72.2 Å². The predicted molar refractivity (Wildman–Crippen MR) is 53.3 cm³/mol. The Balaban J connectivity index is 2.45. The molecule has 0 heterocycles. The summed E-state index contributed by atoms with van der Waals surface area (Å²) in [5, 5.41) is 2.67. The van der Waals surface area contributed by atoms with Gasteiger partial charge in [-0.25, -0.2) is 0 Å². The van der Waals surface area contributed by atoms with E-state index in [1.807, 2.05) is 20.8 Å². The van der Waals surface area contributed by atoms with Gasteiger partial charge in [-0.1, -0.05) is 20.8 Å². The van der Waals surface area contributed by atoms with E-state index >= 15 is 0 Å². The number of nitrogens with one attached hydrogen (secondary N) is 1. The predicted octanol–water partition coefficient (Wildman–Crippen LogP) is 0.413. The second-order valence-electron chi connectivity index (χ2n) is 4.62. The van der Waals surface area contributed by atoms with Crippen LogP contribution in [0.4, 0.5) is 0 Å². The molecule has 0 radical (unpaired) electrons. The van der Waals surface area contributed by atoms with Crippen molar-refractivity contribution in [2.75, 3.05) is 0 Å². The second kappa shape index (κ2) is 3.59. The zero-order valence-corrected chi connectivity index (χ0v) is 8.96. The Morgan fingerprint density at radius 1 is 1.57 bits per heavy atom. The van der Waals surface area contributed by atoms with E-state index in [0.717, 1.165) is 6.42 Å². The third-order valence-corrected chi connectivity index (χ3v) is 2.90. The number of carbonyl (C=O) groups excluding carboxylic acids is 2. The highest BCUT2D eigenvalue weighted by Gasteiger charge is 2.50. The van der Waals surface area contributed by atoms with Crippen LogP contribution in [0.25, 0.3) is 0 Å². The molecule has 1 fully saturated rings. The molecule has 1 saturated carbocycles. The molecule has 1 aliphatic rings. The fourth-order valence-electron chi connectivity index (χ4n) is 1.56. The van der Waals surface area contributed by atoms with E-state index in [1.54, 1.807) is 0 Å². The summed E-state index contributed by atoms with van der Waals surface area (Å²) < 4.78 is 0. The van der Waals surface area contributed by atoms with Gasteiger partial charge in [0.1, 0.15) is 6.04 Å². The molecule has 4 nitrogen and oxygen atoms in total. The highest BCUT2D eigenvalue weighted by Crippen LogP contribution is 2.51. The number of nitrogens with two attached hydrogens (primary N) is 1. The highest BCUT2D eigenvalue weighted by atomic mass is 16.2. The summed E-state index contributed by atoms with van der Waals surface area (Å²) in [5.41, 5.74) is 5.23. The molecular weight excluding hydrogens is 180 g/mol. The Bertz CT molecular complexity index is 261. The third kappa shape index (κ3) is 2.25. The van der Waals surface area contributed by atoms with Gasteiger partial charge in [-0.15, -0.1) is 0 Å². The normalized spacial score (nSPS) is 25.2. The first-order valence-corrected chi connectivity index (χ1v) is 4.98. The molecule has 14 heavy (non-hydrogen) atoms. The van der Waals surface area contributed by atoms with Gasteiger partial charge in [0, 0.05) is 5.92 Å². The summed E-state index contributed by atoms with van der Waals surface area (Å²) in [6.07, 6.45) is 1.45. The maximum atomic E-state index is 11.6. The molecule has 1 rings (SSSR count). The van der Waals surface area contributed by atoms with Gasteiger partial charge < -0.3 is 11.1 Å². The summed E-state index contributed by atoms with van der Waals surface area (Å²) in [7, 11) is 0. The minimum Gasteiger partial charge on any atom is -0.368 e. The van der Waals surface area contributed by atoms with Gasteiger partial charge in [0.15, 0.2) is 0 Å². The van der Waals surface area contributed by atoms with E-state index in [-0.39, 0.29) is 17.2 Å². The van der Waals surface area contributed by atoms with Gasteiger partial charge in [-0.3, -0.25) is 9.59 Å². The number of rotatable bonds is 4. The van der Waals surface area contributed by atoms with E-state index in [2.05, 4.69) is 5.32 Å². The molecule has 0 bridgehead atoms. The first-order chi connectivity index (χ1) is 6.38. The first-order valence-electron chi connectivity index (χ1n) is 4.98. The average molecular weight is 198 g/mol. The van der Waals surface area contributed by atoms with Crippen LogP contribution in [0.2, 0.25) is 0 Å². The quantitative estimate of drug-likeness (QED) is 0.687. The molecule has 0 aromatic heterocycles. The van der Waals surface area contributed by atoms with Crippen molar-refractivity contribution in [2.45, 2.75) is 39.7 Å². The van der Waals surface area contributed by atoms with Gasteiger partial charge in [-0.2, -0.15) is 0 Å². The van der Waals surface area contributed by atoms with E-state index in [4.69, 9.17) is 5.73 Å². The lowest BCUT2D eigenvalue weighted by molar-refractivity contribution is -0.128. The Labute approximate surface area is 84.2 Å². The molecule has 2 atom stereocenters. The molecule has 0 unspecified atom stereocenters. The first kappa shape index (κ1) is 11.0. The van der Waals surface area contributed by atoms with E-state index in [9.17, 15) is 9.59 Å². The van der Waals surface area contributed by atoms with E-state index < -0.39 is 11.9 Å². The number of hydrogen-bond donors (Lipinski definition) is 2. The van der Waals surface area contributed by atoms with Crippen LogP contribution in [-0.2, 0) is 9.59 Å². The maximum absolute atomic E-state index is 11.6. The Kier molecular flexibility index (Phi) is 2.83. The van der Waals surface area contributed by atoms with Crippen LogP contribution in [0.1, 0.15) is 33.6 Å². The van der Waals surface area contributed by atoms with Crippen LogP contribution in [0.3, 0.4) is 0 Å². The average Bonchev–Trinajstić information content (AvgIpc) is 2.70. The number of primary amides is 1. The molecule has 0 spiro atoms. The minimum absolute atomic E-state index is 0.0411. The van der Waals surface area contributed by atoms with Gasteiger partial charge in [0.25, 0.3) is 0 Å². The van der Waals surface area contributed by atoms with Crippen LogP contribution in [0, 0.1) is 11.3 Å². The Morgan fingerprint density at radius 2 is 2.07 bits per heavy atom. The number of carbonyl (C=O) groups is 2. The van der Waals surface area contributed by atoms with Crippen molar-refractivity contribution in [3.63, 3.8) is 0 Å². The summed E-state index contributed by atoms with van der Waals surface area (Å²) in [5.74, 6) is -0.448. The Hall–Kier alpha value is -1.06. The molecule has 0 aliphatic heterocycles. The number of amides is 2. The van der Waals surface area contributed by atoms with Gasteiger partial charge in [-0.05, 0) is 18.3 Å². The minimum atomic E-state index is -0.515. The van der Waals surface area contributed by atoms with Crippen molar-refractivity contribution in [2.24, 2.45) is 17.1 Å². The summed E-state index contributed by atoms with van der Waals surface area (Å²) in [4.78, 5) is 22.5. The largest absolute Gasteiger partial charge is 0.368 e. The molecule has 3 N–H and O–H groups in total. The third-order valence-electron chi connectivity index (χ3n) is 2.90. The lowest BCUT2D eigenvalue weighted by Crippen LogP contribution is -2.44. The lowest BCUT2D eigenvalue weighted by atomic mass is 10.1. The van der Waals surface area contributed by atoms with E-state index in [0.29, 0.717) is 6.42 Å². The van der Waals surface area contributed by atoms with Gasteiger partial charge >= 0.3 is 0 Å². The molecule has 1 aliphatic carbocycles. The fourth-order valence-corrected chi connectivity index (χ4v) is 1.56. The Morgan fingerprint density at radius 3 is 2.36 bits per heavy atom. The van der Waals surface area contributed by atoms with Crippen molar-refractivity contribution >= 4 is 11.8 Å². The standard InChI is InChI=1S/C10H18N2O2/c1-4-7(8(11)13)12-9(14)6-5-10(6,2)3/h6-7H,4-5H2,1-3H3,(H2,11,13)(H,12,14)/t6-,7+/m1/s1. The van der Waals surface area contributed by atoms with Crippen molar-refractivity contribution in [1.82, 2.24) is 5.32 Å². The summed E-state index contributed by atoms with van der Waals surface area (Å²) in [6, 6.07) is -0.515. The van der Waals surface area contributed by atoms with E-state index in [1.165, 1.54) is 0 Å². The van der Waals surface area contributed by atoms with Crippen LogP contribution >= 0.6 is 0 Å². The van der Waals surface area contributed by atoms with Gasteiger partial charge in [0.05, 0.1) is 0 Å². The van der Waals surface area contributed by atoms with Crippen LogP contribution in [-0.4, -0.2) is 17.9 Å². The van der Waals surface area contributed by atoms with Crippen molar-refractivity contribution < 1.29 is 9.59 Å². The van der Waals surface area contributed by atoms with Crippen molar-refractivity contribution in [1.29, 1.82) is 0 Å². The molecule has 4 heteroatoms. The molecule has 2 amide bonds. The zero-order valence-electron chi connectivity index (χ0n) is 8.96. The molecule has 0 aromatic rings. The van der Waals surface area contributed by atoms with Crippen LogP contribution in [0.15, 0.2) is 0 Å². The monoisotopic (exact) mass is 198 g/mol. The maximum Gasteiger partial charge on any atom is 0.239 e. The summed E-state index contributed by atoms with van der Waals surface area (Å²) in [6.45, 7) is 5.92. The van der Waals surface area contributed by atoms with Crippen LogP contribution in [0.5, 0.6) is 0 Å². The SMILES string of the molecule is CC[C@H](NC(=O)[C@H]1CC1(C)C)C(N)=O. The van der Waals surface area contributed by atoms with Crippen molar-refractivity contribution in [3.8, 4) is 0 Å². The number of hydrogen-bond acceptors (Lipinski definition) is 2. The molecule has 0 aromatic carbocycles. The summed E-state index contributed by atoms with van der Waals surface area (Å²) >= 11 is 0. The molecule has 80 valence electrons. The lowest BCUT2D eigenvalue weighted by Gasteiger charge is -2.13. The second-order valence-corrected chi connectivity index (χ2v) is 4.62. The smallest absolute Gasteiger partial charge is 0.239 e.